The molecule has 30 heavy (non-hydrogen) atoms. The number of carbonyl (C=O) groups is 1. The molecule has 3 aromatic rings. The van der Waals surface area contributed by atoms with Crippen LogP contribution < -0.4 is 15.1 Å². The van der Waals surface area contributed by atoms with Gasteiger partial charge in [0.2, 0.25) is 0 Å². The minimum Gasteiger partial charge on any atom is -0.378 e. The first kappa shape index (κ1) is 20.4. The lowest BCUT2D eigenvalue weighted by atomic mass is 10.1. The van der Waals surface area contributed by atoms with Gasteiger partial charge in [-0.05, 0) is 48.0 Å². The van der Waals surface area contributed by atoms with Gasteiger partial charge in [-0.15, -0.1) is 0 Å². The number of anilines is 2. The molecule has 1 amide bonds. The van der Waals surface area contributed by atoms with Crippen molar-refractivity contribution in [3.8, 4) is 0 Å². The Hall–Kier alpha value is -2.89. The first-order valence-corrected chi connectivity index (χ1v) is 10.6. The normalized spacial score (nSPS) is 16.3. The maximum Gasteiger partial charge on any atom is 0.282 e. The number of hydrogen-bond donors (Lipinski definition) is 2. The molecule has 0 aromatic heterocycles. The molecule has 1 fully saturated rings. The van der Waals surface area contributed by atoms with Gasteiger partial charge in [0.15, 0.2) is 6.04 Å². The molecule has 1 aliphatic heterocycles. The lowest BCUT2D eigenvalue weighted by Gasteiger charge is -2.29. The summed E-state index contributed by atoms with van der Waals surface area (Å²) in [6.45, 7) is 6.13. The molecule has 0 saturated carbocycles. The van der Waals surface area contributed by atoms with Crippen molar-refractivity contribution in [3.05, 3.63) is 72.3 Å². The lowest BCUT2D eigenvalue weighted by Crippen LogP contribution is -3.12. The Labute approximate surface area is 178 Å². The molecule has 0 bridgehead atoms. The van der Waals surface area contributed by atoms with Crippen LogP contribution in [0.15, 0.2) is 66.7 Å². The van der Waals surface area contributed by atoms with Crippen molar-refractivity contribution < 1.29 is 14.4 Å². The summed E-state index contributed by atoms with van der Waals surface area (Å²) in [4.78, 5) is 16.2. The molecule has 1 heterocycles. The molecule has 4 rings (SSSR count). The number of rotatable bonds is 6. The molecule has 5 heteroatoms. The first-order valence-electron chi connectivity index (χ1n) is 10.6. The van der Waals surface area contributed by atoms with E-state index in [9.17, 15) is 4.79 Å². The highest BCUT2D eigenvalue weighted by molar-refractivity contribution is 5.93. The van der Waals surface area contributed by atoms with E-state index in [1.165, 1.54) is 22.0 Å². The molecule has 5 nitrogen and oxygen atoms in total. The van der Waals surface area contributed by atoms with E-state index in [1.54, 1.807) is 0 Å². The van der Waals surface area contributed by atoms with E-state index in [0.717, 1.165) is 43.4 Å². The average Bonchev–Trinajstić information content (AvgIpc) is 2.79. The number of likely N-dealkylation sites (N-methyl/N-ethyl adjacent to an activating group) is 1. The van der Waals surface area contributed by atoms with Crippen LogP contribution in [-0.2, 0) is 16.1 Å². The molecule has 1 saturated heterocycles. The highest BCUT2D eigenvalue weighted by Crippen LogP contribution is 2.19. The van der Waals surface area contributed by atoms with Crippen LogP contribution in [0.4, 0.5) is 11.4 Å². The minimum atomic E-state index is -0.157. The highest BCUT2D eigenvalue weighted by Gasteiger charge is 2.22. The second-order valence-electron chi connectivity index (χ2n) is 8.06. The van der Waals surface area contributed by atoms with Gasteiger partial charge in [-0.1, -0.05) is 36.4 Å². The third kappa shape index (κ3) is 4.81. The van der Waals surface area contributed by atoms with Crippen LogP contribution in [0, 0.1) is 0 Å². The SMILES string of the molecule is C[C@@H](C(=O)Nc1ccc(N2CCOCC2)cc1)[NH+](C)Cc1ccc2ccccc2c1. The first-order chi connectivity index (χ1) is 14.6. The van der Waals surface area contributed by atoms with E-state index in [4.69, 9.17) is 4.74 Å². The quantitative estimate of drug-likeness (QED) is 0.664. The molecular formula is C25H30N3O2+. The Bertz CT molecular complexity index is 997. The van der Waals surface area contributed by atoms with E-state index in [1.807, 2.05) is 19.1 Å². The molecule has 156 valence electrons. The molecule has 2 N–H and O–H groups in total. The van der Waals surface area contributed by atoms with Gasteiger partial charge in [-0.25, -0.2) is 0 Å². The number of nitrogens with one attached hydrogen (secondary N) is 2. The van der Waals surface area contributed by atoms with E-state index < -0.39 is 0 Å². The topological polar surface area (TPSA) is 46.0 Å². The molecule has 2 atom stereocenters. The Kier molecular flexibility index (Phi) is 6.31. The maximum atomic E-state index is 12.8. The number of ether oxygens (including phenoxy) is 1. The van der Waals surface area contributed by atoms with E-state index >= 15 is 0 Å². The van der Waals surface area contributed by atoms with Crippen molar-refractivity contribution in [2.75, 3.05) is 43.6 Å². The number of fused-ring (bicyclic) bond motifs is 1. The summed E-state index contributed by atoms with van der Waals surface area (Å²) in [5, 5.41) is 5.54. The molecule has 1 unspecified atom stereocenters. The third-order valence-electron chi connectivity index (χ3n) is 5.94. The third-order valence-corrected chi connectivity index (χ3v) is 5.94. The van der Waals surface area contributed by atoms with Gasteiger partial charge in [0.1, 0.15) is 6.54 Å². The largest absolute Gasteiger partial charge is 0.378 e. The van der Waals surface area contributed by atoms with Gasteiger partial charge in [-0.2, -0.15) is 0 Å². The van der Waals surface area contributed by atoms with E-state index in [2.05, 4.69) is 71.9 Å². The van der Waals surface area contributed by atoms with Crippen molar-refractivity contribution in [2.45, 2.75) is 19.5 Å². The van der Waals surface area contributed by atoms with Crippen LogP contribution >= 0.6 is 0 Å². The highest BCUT2D eigenvalue weighted by atomic mass is 16.5. The smallest absolute Gasteiger partial charge is 0.282 e. The zero-order chi connectivity index (χ0) is 20.9. The Balaban J connectivity index is 1.35. The fraction of sp³-hybridized carbons (Fsp3) is 0.320. The zero-order valence-electron chi connectivity index (χ0n) is 17.7. The van der Waals surface area contributed by atoms with E-state index in [-0.39, 0.29) is 11.9 Å². The zero-order valence-corrected chi connectivity index (χ0v) is 17.7. The molecule has 3 aromatic carbocycles. The van der Waals surface area contributed by atoms with Crippen molar-refractivity contribution >= 4 is 28.1 Å². The summed E-state index contributed by atoms with van der Waals surface area (Å²) in [7, 11) is 2.07. The van der Waals surface area contributed by atoms with Crippen molar-refractivity contribution in [1.29, 1.82) is 0 Å². The van der Waals surface area contributed by atoms with Crippen molar-refractivity contribution in [3.63, 3.8) is 0 Å². The van der Waals surface area contributed by atoms with Crippen LogP contribution in [-0.4, -0.2) is 45.3 Å². The van der Waals surface area contributed by atoms with Gasteiger partial charge < -0.3 is 19.9 Å². The number of hydrogen-bond acceptors (Lipinski definition) is 3. The number of quaternary nitrogens is 1. The second kappa shape index (κ2) is 9.28. The minimum absolute atomic E-state index is 0.0346. The molecule has 1 aliphatic rings. The summed E-state index contributed by atoms with van der Waals surface area (Å²) in [5.41, 5.74) is 3.24. The van der Waals surface area contributed by atoms with Crippen molar-refractivity contribution in [2.24, 2.45) is 0 Å². The van der Waals surface area contributed by atoms with Crippen LogP contribution in [0.2, 0.25) is 0 Å². The molecule has 0 radical (unpaired) electrons. The monoisotopic (exact) mass is 404 g/mol. The van der Waals surface area contributed by atoms with Crippen molar-refractivity contribution in [1.82, 2.24) is 0 Å². The molecular weight excluding hydrogens is 374 g/mol. The number of nitrogens with zero attached hydrogens (tertiary/aromatic N) is 1. The Morgan fingerprint density at radius 1 is 1.03 bits per heavy atom. The Morgan fingerprint density at radius 3 is 2.47 bits per heavy atom. The summed E-state index contributed by atoms with van der Waals surface area (Å²) in [6, 6.07) is 22.8. The average molecular weight is 405 g/mol. The van der Waals surface area contributed by atoms with Gasteiger partial charge in [0, 0.05) is 30.0 Å². The maximum absolute atomic E-state index is 12.8. The predicted octanol–water partition coefficient (Wildman–Crippen LogP) is 2.72. The number of morpholine rings is 1. The van der Waals surface area contributed by atoms with Gasteiger partial charge >= 0.3 is 0 Å². The lowest BCUT2D eigenvalue weighted by molar-refractivity contribution is -0.907. The van der Waals surface area contributed by atoms with Crippen LogP contribution in [0.3, 0.4) is 0 Å². The summed E-state index contributed by atoms with van der Waals surface area (Å²) in [5.74, 6) is 0.0346. The summed E-state index contributed by atoms with van der Waals surface area (Å²) in [6.07, 6.45) is 0. The number of carbonyl (C=O) groups excluding carboxylic acids is 1. The van der Waals surface area contributed by atoms with Gasteiger partial charge in [0.25, 0.3) is 5.91 Å². The summed E-state index contributed by atoms with van der Waals surface area (Å²) >= 11 is 0. The molecule has 0 aliphatic carbocycles. The fourth-order valence-corrected chi connectivity index (χ4v) is 3.88. The van der Waals surface area contributed by atoms with Crippen LogP contribution in [0.25, 0.3) is 10.8 Å². The fourth-order valence-electron chi connectivity index (χ4n) is 3.88. The van der Waals surface area contributed by atoms with Gasteiger partial charge in [-0.3, -0.25) is 4.79 Å². The summed E-state index contributed by atoms with van der Waals surface area (Å²) < 4.78 is 5.41. The van der Waals surface area contributed by atoms with Gasteiger partial charge in [0.05, 0.1) is 20.3 Å². The Morgan fingerprint density at radius 2 is 1.73 bits per heavy atom. The number of amides is 1. The molecule has 0 spiro atoms. The van der Waals surface area contributed by atoms with Crippen LogP contribution in [0.5, 0.6) is 0 Å². The van der Waals surface area contributed by atoms with Crippen LogP contribution in [0.1, 0.15) is 12.5 Å². The standard InChI is InChI=1S/C25H29N3O2/c1-19(27(2)18-20-7-8-21-5-3-4-6-22(21)17-20)25(29)26-23-9-11-24(12-10-23)28-13-15-30-16-14-28/h3-12,17,19H,13-16,18H2,1-2H3,(H,26,29)/p+1/t19-/m0/s1. The van der Waals surface area contributed by atoms with E-state index in [0.29, 0.717) is 0 Å². The predicted molar refractivity (Wildman–Crippen MR) is 122 cm³/mol. The second-order valence-corrected chi connectivity index (χ2v) is 8.06. The number of benzene rings is 3.